The number of nitroso groups, excluding NO2 is 1. The third-order valence-electron chi connectivity index (χ3n) is 4.17. The first-order chi connectivity index (χ1) is 12.2. The third-order valence-corrected chi connectivity index (χ3v) is 5.24. The van der Waals surface area contributed by atoms with Gasteiger partial charge in [-0.3, -0.25) is 5.32 Å². The van der Waals surface area contributed by atoms with Crippen LogP contribution in [-0.4, -0.2) is 47.4 Å². The fourth-order valence-corrected chi connectivity index (χ4v) is 3.53. The van der Waals surface area contributed by atoms with Gasteiger partial charge in [0.05, 0.1) is 12.6 Å². The van der Waals surface area contributed by atoms with Crippen molar-refractivity contribution in [3.05, 3.63) is 4.91 Å². The molecule has 3 N–H and O–H groups in total. The van der Waals surface area contributed by atoms with Gasteiger partial charge in [0.2, 0.25) is 5.90 Å². The molecule has 1 saturated carbocycles. The number of rotatable bonds is 8. The van der Waals surface area contributed by atoms with Crippen LogP contribution in [-0.2, 0) is 4.74 Å². The summed E-state index contributed by atoms with van der Waals surface area (Å²) in [7, 11) is 0. The van der Waals surface area contributed by atoms with Gasteiger partial charge in [0, 0.05) is 11.8 Å². The maximum Gasteiger partial charge on any atom is 0.243 e. The molecule has 0 radical (unpaired) electrons. The van der Waals surface area contributed by atoms with E-state index in [9.17, 15) is 4.91 Å². The average Bonchev–Trinajstić information content (AvgIpc) is 3.07. The highest BCUT2D eigenvalue weighted by Gasteiger charge is 2.33. The van der Waals surface area contributed by atoms with Crippen LogP contribution in [0.1, 0.15) is 52.4 Å². The van der Waals surface area contributed by atoms with Crippen LogP contribution in [0, 0.1) is 4.91 Å². The Balaban J connectivity index is 2.10. The molecule has 1 fully saturated rings. The second kappa shape index (κ2) is 10.5. The smallest absolute Gasteiger partial charge is 0.243 e. The number of nitrogens with zero attached hydrogens (tertiary/aromatic N) is 4. The number of nitrogens with one attached hydrogen (secondary N) is 1. The van der Waals surface area contributed by atoms with Crippen molar-refractivity contribution in [1.29, 1.82) is 0 Å². The quantitative estimate of drug-likeness (QED) is 0.296. The lowest BCUT2D eigenvalue weighted by atomic mass is 10.2. The Hall–Kier alpha value is -1.48. The summed E-state index contributed by atoms with van der Waals surface area (Å²) in [5, 5.41) is 11.2. The largest absolute Gasteiger partial charge is 0.476 e. The Labute approximate surface area is 153 Å². The summed E-state index contributed by atoms with van der Waals surface area (Å²) >= 11 is 1.60. The molecular formula is C16H28N6O2S. The molecule has 8 nitrogen and oxygen atoms in total. The molecule has 3 atom stereocenters. The molecule has 0 aromatic heterocycles. The van der Waals surface area contributed by atoms with E-state index in [0.29, 0.717) is 29.8 Å². The van der Waals surface area contributed by atoms with Crippen molar-refractivity contribution in [2.75, 3.05) is 12.4 Å². The van der Waals surface area contributed by atoms with Crippen molar-refractivity contribution in [2.24, 2.45) is 26.1 Å². The average molecular weight is 369 g/mol. The minimum Gasteiger partial charge on any atom is -0.476 e. The Kier molecular flexibility index (Phi) is 8.33. The van der Waals surface area contributed by atoms with Gasteiger partial charge in [0.15, 0.2) is 17.0 Å². The van der Waals surface area contributed by atoms with Crippen LogP contribution in [0.3, 0.4) is 0 Å². The van der Waals surface area contributed by atoms with Gasteiger partial charge in [-0.2, -0.15) is 15.0 Å². The zero-order chi connectivity index (χ0) is 18.1. The normalized spacial score (nSPS) is 27.9. The standard InChI is InChI=1S/C16H28N6O2S/c1-3-5-8-24-15-13(21-17)14(19-16(20-15)25-9-4-2)18-11-6-7-12(10-11)22-23/h11-12,14,18H,3-10,17H2,1-2H3/t11-,12+,14?/m0/s1. The van der Waals surface area contributed by atoms with E-state index in [1.165, 1.54) is 0 Å². The van der Waals surface area contributed by atoms with Crippen LogP contribution in [0.2, 0.25) is 0 Å². The Morgan fingerprint density at radius 1 is 1.36 bits per heavy atom. The summed E-state index contributed by atoms with van der Waals surface area (Å²) in [6.45, 7) is 4.80. The van der Waals surface area contributed by atoms with Crippen LogP contribution in [0.25, 0.3) is 0 Å². The van der Waals surface area contributed by atoms with E-state index in [1.807, 2.05) is 0 Å². The topological polar surface area (TPSA) is 114 Å². The SMILES string of the molecule is CCCCOC1=NC(SCCC)=NC(N[C@H]2CC[C@@H](N=O)C2)C1=NN. The van der Waals surface area contributed by atoms with Crippen molar-refractivity contribution in [3.63, 3.8) is 0 Å². The number of hydrogen-bond acceptors (Lipinski definition) is 9. The summed E-state index contributed by atoms with van der Waals surface area (Å²) in [6.07, 6.45) is 5.04. The molecule has 25 heavy (non-hydrogen) atoms. The van der Waals surface area contributed by atoms with Crippen LogP contribution in [0.4, 0.5) is 0 Å². The second-order valence-electron chi connectivity index (χ2n) is 6.23. The Morgan fingerprint density at radius 2 is 2.20 bits per heavy atom. The van der Waals surface area contributed by atoms with Crippen molar-refractivity contribution in [3.8, 4) is 0 Å². The van der Waals surface area contributed by atoms with Gasteiger partial charge in [0.25, 0.3) is 0 Å². The molecular weight excluding hydrogens is 340 g/mol. The lowest BCUT2D eigenvalue weighted by Gasteiger charge is -2.25. The predicted molar refractivity (Wildman–Crippen MR) is 104 cm³/mol. The zero-order valence-electron chi connectivity index (χ0n) is 15.0. The minimum atomic E-state index is -0.395. The van der Waals surface area contributed by atoms with Crippen LogP contribution < -0.4 is 11.2 Å². The molecule has 9 heteroatoms. The van der Waals surface area contributed by atoms with E-state index < -0.39 is 6.17 Å². The monoisotopic (exact) mass is 368 g/mol. The Morgan fingerprint density at radius 3 is 2.84 bits per heavy atom. The van der Waals surface area contributed by atoms with Crippen LogP contribution in [0.15, 0.2) is 20.3 Å². The van der Waals surface area contributed by atoms with E-state index in [2.05, 4.69) is 39.4 Å². The molecule has 2 rings (SSSR count). The van der Waals surface area contributed by atoms with Crippen molar-refractivity contribution < 1.29 is 4.74 Å². The first-order valence-corrected chi connectivity index (χ1v) is 9.99. The van der Waals surface area contributed by atoms with E-state index in [1.54, 1.807) is 11.8 Å². The molecule has 0 spiro atoms. The minimum absolute atomic E-state index is 0.119. The van der Waals surface area contributed by atoms with Crippen molar-refractivity contribution in [2.45, 2.75) is 70.6 Å². The number of nitrogens with two attached hydrogens (primary N) is 1. The van der Waals surface area contributed by atoms with Crippen LogP contribution in [0.5, 0.6) is 0 Å². The second-order valence-corrected chi connectivity index (χ2v) is 7.29. The molecule has 1 heterocycles. The highest BCUT2D eigenvalue weighted by Crippen LogP contribution is 2.23. The Bertz CT molecular complexity index is 537. The fourth-order valence-electron chi connectivity index (χ4n) is 2.81. The van der Waals surface area contributed by atoms with E-state index in [0.717, 1.165) is 37.9 Å². The van der Waals surface area contributed by atoms with Gasteiger partial charge < -0.3 is 10.6 Å². The molecule has 0 aromatic rings. The molecule has 0 aromatic carbocycles. The molecule has 0 bridgehead atoms. The maximum atomic E-state index is 10.7. The first kappa shape index (κ1) is 19.8. The first-order valence-electron chi connectivity index (χ1n) is 9.00. The number of unbranched alkanes of at least 4 members (excludes halogenated alkanes) is 1. The lowest BCUT2D eigenvalue weighted by molar-refractivity contribution is 0.301. The number of thioether (sulfide) groups is 1. The summed E-state index contributed by atoms with van der Waals surface area (Å²) in [6, 6.07) is 0.0480. The molecule has 0 saturated heterocycles. The van der Waals surface area contributed by atoms with Gasteiger partial charge in [0.1, 0.15) is 0 Å². The number of amidine groups is 1. The van der Waals surface area contributed by atoms with E-state index in [4.69, 9.17) is 10.6 Å². The number of ether oxygens (including phenoxy) is 1. The molecule has 1 aliphatic heterocycles. The summed E-state index contributed by atoms with van der Waals surface area (Å²) in [5.41, 5.74) is 0.513. The number of aliphatic imine (C=N–C) groups is 2. The number of hydrazone groups is 1. The summed E-state index contributed by atoms with van der Waals surface area (Å²) in [5.74, 6) is 6.99. The van der Waals surface area contributed by atoms with Crippen LogP contribution >= 0.6 is 11.8 Å². The zero-order valence-corrected chi connectivity index (χ0v) is 15.8. The fraction of sp³-hybridized carbons (Fsp3) is 0.812. The van der Waals surface area contributed by atoms with E-state index >= 15 is 0 Å². The highest BCUT2D eigenvalue weighted by atomic mass is 32.2. The molecule has 140 valence electrons. The highest BCUT2D eigenvalue weighted by molar-refractivity contribution is 8.13. The van der Waals surface area contributed by atoms with Gasteiger partial charge in [-0.15, -0.1) is 0 Å². The van der Waals surface area contributed by atoms with E-state index in [-0.39, 0.29) is 12.1 Å². The lowest BCUT2D eigenvalue weighted by Crippen LogP contribution is -2.47. The van der Waals surface area contributed by atoms with Crippen molar-refractivity contribution >= 4 is 28.5 Å². The molecule has 1 unspecified atom stereocenters. The summed E-state index contributed by atoms with van der Waals surface area (Å²) < 4.78 is 5.81. The number of hydrogen-bond donors (Lipinski definition) is 2. The predicted octanol–water partition coefficient (Wildman–Crippen LogP) is 2.63. The molecule has 2 aliphatic rings. The molecule has 0 amide bonds. The summed E-state index contributed by atoms with van der Waals surface area (Å²) in [4.78, 5) is 19.9. The maximum absolute atomic E-state index is 10.7. The van der Waals surface area contributed by atoms with Crippen molar-refractivity contribution in [1.82, 2.24) is 5.32 Å². The van der Waals surface area contributed by atoms with Gasteiger partial charge >= 0.3 is 0 Å². The van der Waals surface area contributed by atoms with Gasteiger partial charge in [-0.05, 0) is 32.1 Å². The molecule has 1 aliphatic carbocycles. The van der Waals surface area contributed by atoms with Gasteiger partial charge in [-0.1, -0.05) is 37.2 Å². The van der Waals surface area contributed by atoms with Gasteiger partial charge in [-0.25, -0.2) is 4.99 Å². The third kappa shape index (κ3) is 5.78.